The summed E-state index contributed by atoms with van der Waals surface area (Å²) in [6.45, 7) is 0. The van der Waals surface area contributed by atoms with Crippen LogP contribution in [0.15, 0.2) is 72.6 Å². The molecule has 0 spiro atoms. The van der Waals surface area contributed by atoms with Crippen LogP contribution in [0.5, 0.6) is 0 Å². The Balaban J connectivity index is 1.73. The van der Waals surface area contributed by atoms with Gasteiger partial charge in [0.15, 0.2) is 5.13 Å². The number of thiazole rings is 1. The third kappa shape index (κ3) is 3.35. The SMILES string of the molecule is O=C1C(=O)N(c2nc3ccccc3s2)C(c2cccnc2)/C1=C(\O)c1ccc(Cl)c(Cl)c1. The molecule has 0 radical (unpaired) electrons. The number of carbonyl (C=O) groups excluding carboxylic acids is 2. The molecule has 6 nitrogen and oxygen atoms in total. The quantitative estimate of drug-likeness (QED) is 0.233. The van der Waals surface area contributed by atoms with E-state index in [-0.39, 0.29) is 21.9 Å². The summed E-state index contributed by atoms with van der Waals surface area (Å²) in [5.41, 5.74) is 1.48. The van der Waals surface area contributed by atoms with Gasteiger partial charge < -0.3 is 5.11 Å². The molecule has 1 unspecified atom stereocenters. The second kappa shape index (κ2) is 8.02. The number of anilines is 1. The van der Waals surface area contributed by atoms with Crippen molar-refractivity contribution in [3.8, 4) is 0 Å². The number of halogens is 2. The number of rotatable bonds is 3. The maximum absolute atomic E-state index is 13.2. The molecule has 1 aliphatic heterocycles. The number of benzene rings is 2. The molecule has 1 amide bonds. The van der Waals surface area contributed by atoms with Crippen LogP contribution in [-0.4, -0.2) is 26.8 Å². The maximum Gasteiger partial charge on any atom is 0.301 e. The average molecular weight is 482 g/mol. The number of carbonyl (C=O) groups is 2. The third-order valence-corrected chi connectivity index (χ3v) is 6.90. The zero-order chi connectivity index (χ0) is 22.4. The summed E-state index contributed by atoms with van der Waals surface area (Å²) < 4.78 is 0.874. The molecule has 3 heterocycles. The molecule has 1 saturated heterocycles. The van der Waals surface area contributed by atoms with E-state index in [4.69, 9.17) is 23.2 Å². The fraction of sp³-hybridized carbons (Fsp3) is 0.0435. The highest BCUT2D eigenvalue weighted by Crippen LogP contribution is 2.44. The predicted molar refractivity (Wildman–Crippen MR) is 125 cm³/mol. The topological polar surface area (TPSA) is 83.4 Å². The largest absolute Gasteiger partial charge is 0.507 e. The Morgan fingerprint density at radius 3 is 2.56 bits per heavy atom. The van der Waals surface area contributed by atoms with E-state index in [1.165, 1.54) is 34.4 Å². The second-order valence-electron chi connectivity index (χ2n) is 7.05. The van der Waals surface area contributed by atoms with Crippen molar-refractivity contribution in [1.82, 2.24) is 9.97 Å². The minimum atomic E-state index is -0.904. The molecule has 9 heteroatoms. The van der Waals surface area contributed by atoms with Gasteiger partial charge >= 0.3 is 5.91 Å². The number of Topliss-reactive ketones (excluding diaryl/α,β-unsaturated/α-hetero) is 1. The number of nitrogens with zero attached hydrogens (tertiary/aromatic N) is 3. The molecule has 2 aromatic heterocycles. The van der Waals surface area contributed by atoms with Crippen LogP contribution in [0.2, 0.25) is 10.0 Å². The molecule has 1 aliphatic rings. The number of aliphatic hydroxyl groups excluding tert-OH is 1. The van der Waals surface area contributed by atoms with Crippen LogP contribution in [-0.2, 0) is 9.59 Å². The fourth-order valence-corrected chi connectivity index (χ4v) is 4.94. The molecule has 1 N–H and O–H groups in total. The standard InChI is InChI=1S/C23H13Cl2N3O3S/c24-14-8-7-12(10-15(14)25)20(29)18-19(13-4-3-9-26-11-13)28(22(31)21(18)30)23-27-16-5-1-2-6-17(16)32-23/h1-11,19,29H/b20-18+. The van der Waals surface area contributed by atoms with E-state index in [0.717, 1.165) is 4.70 Å². The first-order valence-electron chi connectivity index (χ1n) is 9.47. The summed E-state index contributed by atoms with van der Waals surface area (Å²) in [6, 6.07) is 14.5. The van der Waals surface area contributed by atoms with Gasteiger partial charge in [-0.15, -0.1) is 0 Å². The van der Waals surface area contributed by atoms with E-state index in [9.17, 15) is 14.7 Å². The van der Waals surface area contributed by atoms with E-state index in [0.29, 0.717) is 21.2 Å². The summed E-state index contributed by atoms with van der Waals surface area (Å²) in [7, 11) is 0. The molecule has 0 aliphatic carbocycles. The lowest BCUT2D eigenvalue weighted by Gasteiger charge is -2.22. The number of ketones is 1. The lowest BCUT2D eigenvalue weighted by atomic mass is 9.96. The van der Waals surface area contributed by atoms with Crippen molar-refractivity contribution < 1.29 is 14.7 Å². The third-order valence-electron chi connectivity index (χ3n) is 5.13. The molecular formula is C23H13Cl2N3O3S. The number of hydrogen-bond donors (Lipinski definition) is 1. The number of fused-ring (bicyclic) bond motifs is 1. The number of amides is 1. The Hall–Kier alpha value is -3.26. The van der Waals surface area contributed by atoms with Crippen LogP contribution in [0, 0.1) is 0 Å². The summed E-state index contributed by atoms with van der Waals surface area (Å²) in [5.74, 6) is -1.94. The monoisotopic (exact) mass is 481 g/mol. The van der Waals surface area contributed by atoms with Crippen LogP contribution in [0.4, 0.5) is 5.13 Å². The van der Waals surface area contributed by atoms with Crippen LogP contribution in [0.25, 0.3) is 16.0 Å². The van der Waals surface area contributed by atoms with E-state index in [1.54, 1.807) is 24.5 Å². The summed E-state index contributed by atoms with van der Waals surface area (Å²) in [4.78, 5) is 36.3. The summed E-state index contributed by atoms with van der Waals surface area (Å²) in [6.07, 6.45) is 3.14. The van der Waals surface area contributed by atoms with Crippen LogP contribution >= 0.6 is 34.5 Å². The van der Waals surface area contributed by atoms with E-state index >= 15 is 0 Å². The Morgan fingerprint density at radius 2 is 1.84 bits per heavy atom. The lowest BCUT2D eigenvalue weighted by molar-refractivity contribution is -0.132. The lowest BCUT2D eigenvalue weighted by Crippen LogP contribution is -2.29. The zero-order valence-corrected chi connectivity index (χ0v) is 18.5. The molecule has 158 valence electrons. The predicted octanol–water partition coefficient (Wildman–Crippen LogP) is 5.62. The average Bonchev–Trinajstić information content (AvgIpc) is 3.34. The van der Waals surface area contributed by atoms with Gasteiger partial charge in [-0.1, -0.05) is 52.7 Å². The minimum Gasteiger partial charge on any atom is -0.507 e. The van der Waals surface area contributed by atoms with Crippen molar-refractivity contribution in [2.24, 2.45) is 0 Å². The summed E-state index contributed by atoms with van der Waals surface area (Å²) in [5, 5.41) is 12.0. The number of para-hydroxylation sites is 1. The number of aromatic nitrogens is 2. The molecular weight excluding hydrogens is 469 g/mol. The van der Waals surface area contributed by atoms with Gasteiger partial charge in [0.1, 0.15) is 5.76 Å². The molecule has 2 aromatic carbocycles. The highest BCUT2D eigenvalue weighted by atomic mass is 35.5. The molecule has 1 atom stereocenters. The van der Waals surface area contributed by atoms with Crippen molar-refractivity contribution in [2.45, 2.75) is 6.04 Å². The van der Waals surface area contributed by atoms with Gasteiger partial charge in [-0.3, -0.25) is 19.5 Å². The van der Waals surface area contributed by atoms with Gasteiger partial charge in [0.2, 0.25) is 0 Å². The van der Waals surface area contributed by atoms with Crippen LogP contribution in [0.1, 0.15) is 17.2 Å². The van der Waals surface area contributed by atoms with E-state index in [2.05, 4.69) is 9.97 Å². The van der Waals surface area contributed by atoms with E-state index < -0.39 is 17.7 Å². The Labute approximate surface area is 196 Å². The van der Waals surface area contributed by atoms with Gasteiger partial charge in [0.25, 0.3) is 5.78 Å². The van der Waals surface area contributed by atoms with Gasteiger partial charge in [-0.25, -0.2) is 4.98 Å². The molecule has 0 saturated carbocycles. The van der Waals surface area contributed by atoms with Crippen molar-refractivity contribution in [3.05, 3.63) is 93.7 Å². The van der Waals surface area contributed by atoms with Crippen molar-refractivity contribution in [1.29, 1.82) is 0 Å². The van der Waals surface area contributed by atoms with Crippen molar-refractivity contribution in [2.75, 3.05) is 4.90 Å². The van der Waals surface area contributed by atoms with Gasteiger partial charge in [0.05, 0.1) is 31.9 Å². The van der Waals surface area contributed by atoms with Crippen molar-refractivity contribution >= 4 is 67.3 Å². The van der Waals surface area contributed by atoms with Crippen LogP contribution in [0.3, 0.4) is 0 Å². The van der Waals surface area contributed by atoms with Gasteiger partial charge in [-0.05, 0) is 42.0 Å². The van der Waals surface area contributed by atoms with Gasteiger partial charge in [0, 0.05) is 18.0 Å². The first kappa shape index (κ1) is 20.6. The number of pyridine rings is 1. The molecule has 32 heavy (non-hydrogen) atoms. The zero-order valence-electron chi connectivity index (χ0n) is 16.2. The Bertz CT molecular complexity index is 1390. The smallest absolute Gasteiger partial charge is 0.301 e. The Morgan fingerprint density at radius 1 is 1.03 bits per heavy atom. The Kier molecular flexibility index (Phi) is 5.17. The molecule has 5 rings (SSSR count). The first-order valence-corrected chi connectivity index (χ1v) is 11.0. The maximum atomic E-state index is 13.2. The highest BCUT2D eigenvalue weighted by molar-refractivity contribution is 7.22. The molecule has 1 fully saturated rings. The van der Waals surface area contributed by atoms with Gasteiger partial charge in [-0.2, -0.15) is 0 Å². The van der Waals surface area contributed by atoms with E-state index in [1.807, 2.05) is 24.3 Å². The first-order chi connectivity index (χ1) is 15.5. The highest BCUT2D eigenvalue weighted by Gasteiger charge is 2.48. The number of hydrogen-bond acceptors (Lipinski definition) is 6. The minimum absolute atomic E-state index is 0.0688. The fourth-order valence-electron chi connectivity index (χ4n) is 3.64. The second-order valence-corrected chi connectivity index (χ2v) is 8.87. The normalized spacial score (nSPS) is 17.9. The molecule has 4 aromatic rings. The number of aliphatic hydroxyl groups is 1. The summed E-state index contributed by atoms with van der Waals surface area (Å²) >= 11 is 13.4. The van der Waals surface area contributed by atoms with Crippen molar-refractivity contribution in [3.63, 3.8) is 0 Å². The van der Waals surface area contributed by atoms with Crippen LogP contribution < -0.4 is 4.90 Å². The molecule has 0 bridgehead atoms.